The molecule has 1 saturated heterocycles. The Morgan fingerprint density at radius 1 is 1.11 bits per heavy atom. The molecule has 4 rings (SSSR count). The van der Waals surface area contributed by atoms with Gasteiger partial charge in [-0.05, 0) is 44.8 Å². The number of hydrogen-bond donors (Lipinski definition) is 1. The Balaban J connectivity index is 1.50. The van der Waals surface area contributed by atoms with Gasteiger partial charge < -0.3 is 4.98 Å². The van der Waals surface area contributed by atoms with Gasteiger partial charge in [-0.25, -0.2) is 4.98 Å². The predicted molar refractivity (Wildman–Crippen MR) is 109 cm³/mol. The first-order valence-corrected chi connectivity index (χ1v) is 10.4. The molecule has 0 atom stereocenters. The second-order valence-electron chi connectivity index (χ2n) is 8.08. The Morgan fingerprint density at radius 3 is 2.68 bits per heavy atom. The second-order valence-corrected chi connectivity index (χ2v) is 8.08. The Kier molecular flexibility index (Phi) is 5.87. The van der Waals surface area contributed by atoms with Gasteiger partial charge in [-0.15, -0.1) is 0 Å². The summed E-state index contributed by atoms with van der Waals surface area (Å²) in [4.78, 5) is 23.9. The van der Waals surface area contributed by atoms with Gasteiger partial charge in [0.25, 0.3) is 5.56 Å². The molecule has 0 unspecified atom stereocenters. The average molecular weight is 384 g/mol. The molecule has 1 aromatic heterocycles. The van der Waals surface area contributed by atoms with Crippen LogP contribution in [0.5, 0.6) is 0 Å². The number of rotatable bonds is 4. The lowest BCUT2D eigenvalue weighted by atomic mass is 10.1. The number of benzene rings is 1. The quantitative estimate of drug-likeness (QED) is 0.879. The monoisotopic (exact) mass is 384 g/mol. The Hall–Kier alpha value is -2.05. The minimum Gasteiger partial charge on any atom is -0.304 e. The molecule has 2 aliphatic rings. The largest absolute Gasteiger partial charge is 0.304 e. The summed E-state index contributed by atoms with van der Waals surface area (Å²) in [7, 11) is 0. The highest BCUT2D eigenvalue weighted by Gasteiger charge is 2.25. The smallest absolute Gasteiger partial charge is 0.287 e. The highest BCUT2D eigenvalue weighted by Crippen LogP contribution is 2.26. The SMILES string of the molecule is Cc1nc(-c2ccccc2CN2CCCN(C3CCCC3)CC2)[nH]c(=O)c1F. The zero-order valence-electron chi connectivity index (χ0n) is 16.6. The van der Waals surface area contributed by atoms with E-state index in [0.29, 0.717) is 5.82 Å². The molecule has 150 valence electrons. The van der Waals surface area contributed by atoms with E-state index in [2.05, 4.69) is 25.8 Å². The molecule has 5 nitrogen and oxygen atoms in total. The van der Waals surface area contributed by atoms with Gasteiger partial charge in [0.05, 0.1) is 5.69 Å². The maximum atomic E-state index is 13.7. The van der Waals surface area contributed by atoms with Gasteiger partial charge in [-0.2, -0.15) is 4.39 Å². The third kappa shape index (κ3) is 4.18. The highest BCUT2D eigenvalue weighted by molar-refractivity contribution is 5.60. The van der Waals surface area contributed by atoms with E-state index in [1.807, 2.05) is 18.2 Å². The molecule has 2 heterocycles. The van der Waals surface area contributed by atoms with Crippen LogP contribution in [0, 0.1) is 12.7 Å². The number of aryl methyl sites for hydroxylation is 1. The summed E-state index contributed by atoms with van der Waals surface area (Å²) < 4.78 is 13.7. The van der Waals surface area contributed by atoms with Crippen molar-refractivity contribution in [3.05, 3.63) is 51.7 Å². The second kappa shape index (κ2) is 8.53. The van der Waals surface area contributed by atoms with Crippen LogP contribution in [0.1, 0.15) is 43.4 Å². The van der Waals surface area contributed by atoms with Crippen molar-refractivity contribution < 1.29 is 4.39 Å². The molecule has 1 aliphatic carbocycles. The summed E-state index contributed by atoms with van der Waals surface area (Å²) in [6.45, 7) is 6.78. The molecule has 0 spiro atoms. The lowest BCUT2D eigenvalue weighted by molar-refractivity contribution is 0.198. The van der Waals surface area contributed by atoms with E-state index in [1.165, 1.54) is 45.6 Å². The van der Waals surface area contributed by atoms with Crippen LogP contribution in [0.15, 0.2) is 29.1 Å². The van der Waals surface area contributed by atoms with E-state index < -0.39 is 11.4 Å². The van der Waals surface area contributed by atoms with Crippen LogP contribution in [0.2, 0.25) is 0 Å². The van der Waals surface area contributed by atoms with Crippen LogP contribution in [0.25, 0.3) is 11.4 Å². The first-order chi connectivity index (χ1) is 13.6. The van der Waals surface area contributed by atoms with Gasteiger partial charge in [0.15, 0.2) is 0 Å². The number of halogens is 1. The fourth-order valence-electron chi connectivity index (χ4n) is 4.61. The Morgan fingerprint density at radius 2 is 1.89 bits per heavy atom. The molecule has 1 N–H and O–H groups in total. The number of aromatic nitrogens is 2. The van der Waals surface area contributed by atoms with E-state index in [4.69, 9.17) is 0 Å². The van der Waals surface area contributed by atoms with E-state index in [0.717, 1.165) is 43.3 Å². The van der Waals surface area contributed by atoms with Gasteiger partial charge >= 0.3 is 0 Å². The summed E-state index contributed by atoms with van der Waals surface area (Å²) in [6, 6.07) is 8.75. The number of hydrogen-bond acceptors (Lipinski definition) is 4. The van der Waals surface area contributed by atoms with Gasteiger partial charge in [-0.1, -0.05) is 37.1 Å². The fourth-order valence-corrected chi connectivity index (χ4v) is 4.61. The van der Waals surface area contributed by atoms with Crippen LogP contribution in [0.4, 0.5) is 4.39 Å². The topological polar surface area (TPSA) is 52.2 Å². The molecular formula is C22H29FN4O. The van der Waals surface area contributed by atoms with Gasteiger partial charge in [0.1, 0.15) is 5.82 Å². The van der Waals surface area contributed by atoms with Crippen LogP contribution in [0.3, 0.4) is 0 Å². The maximum Gasteiger partial charge on any atom is 0.287 e. The predicted octanol–water partition coefficient (Wildman–Crippen LogP) is 3.33. The first-order valence-electron chi connectivity index (χ1n) is 10.4. The molecule has 0 amide bonds. The minimum absolute atomic E-state index is 0.135. The van der Waals surface area contributed by atoms with E-state index in [9.17, 15) is 9.18 Å². The first kappa shape index (κ1) is 19.3. The summed E-state index contributed by atoms with van der Waals surface area (Å²) in [6.07, 6.45) is 6.64. The number of nitrogens with one attached hydrogen (secondary N) is 1. The lowest BCUT2D eigenvalue weighted by Gasteiger charge is -2.27. The van der Waals surface area contributed by atoms with Crippen molar-refractivity contribution in [2.24, 2.45) is 0 Å². The van der Waals surface area contributed by atoms with Crippen molar-refractivity contribution in [1.29, 1.82) is 0 Å². The highest BCUT2D eigenvalue weighted by atomic mass is 19.1. The number of aromatic amines is 1. The van der Waals surface area contributed by atoms with Crippen LogP contribution in [-0.4, -0.2) is 52.0 Å². The molecule has 1 aromatic carbocycles. The van der Waals surface area contributed by atoms with E-state index >= 15 is 0 Å². The normalized spacial score (nSPS) is 19.8. The Labute approximate surface area is 165 Å². The van der Waals surface area contributed by atoms with Crippen molar-refractivity contribution in [3.8, 4) is 11.4 Å². The molecule has 2 fully saturated rings. The van der Waals surface area contributed by atoms with Crippen molar-refractivity contribution in [3.63, 3.8) is 0 Å². The third-order valence-corrected chi connectivity index (χ3v) is 6.16. The molecule has 0 radical (unpaired) electrons. The van der Waals surface area contributed by atoms with E-state index in [1.54, 1.807) is 0 Å². The van der Waals surface area contributed by atoms with E-state index in [-0.39, 0.29) is 5.69 Å². The summed E-state index contributed by atoms with van der Waals surface area (Å²) >= 11 is 0. The third-order valence-electron chi connectivity index (χ3n) is 6.16. The summed E-state index contributed by atoms with van der Waals surface area (Å²) in [5.74, 6) is -0.359. The zero-order chi connectivity index (χ0) is 19.5. The minimum atomic E-state index is -0.805. The van der Waals surface area contributed by atoms with Gasteiger partial charge in [0, 0.05) is 31.2 Å². The maximum absolute atomic E-state index is 13.7. The van der Waals surface area contributed by atoms with Crippen molar-refractivity contribution in [1.82, 2.24) is 19.8 Å². The van der Waals surface area contributed by atoms with Gasteiger partial charge in [-0.3, -0.25) is 14.6 Å². The molecule has 28 heavy (non-hydrogen) atoms. The summed E-state index contributed by atoms with van der Waals surface area (Å²) in [5.41, 5.74) is 1.42. The van der Waals surface area contributed by atoms with Crippen LogP contribution in [-0.2, 0) is 6.54 Å². The lowest BCUT2D eigenvalue weighted by Crippen LogP contribution is -2.36. The fraction of sp³-hybridized carbons (Fsp3) is 0.545. The van der Waals surface area contributed by atoms with Crippen molar-refractivity contribution in [2.45, 2.75) is 51.6 Å². The number of H-pyrrole nitrogens is 1. The van der Waals surface area contributed by atoms with Crippen molar-refractivity contribution >= 4 is 0 Å². The summed E-state index contributed by atoms with van der Waals surface area (Å²) in [5, 5.41) is 0. The zero-order valence-corrected chi connectivity index (χ0v) is 16.6. The molecule has 2 aromatic rings. The molecule has 6 heteroatoms. The number of nitrogens with zero attached hydrogens (tertiary/aromatic N) is 3. The molecule has 1 saturated carbocycles. The average Bonchev–Trinajstić information content (AvgIpc) is 3.13. The molecule has 0 bridgehead atoms. The molecule has 1 aliphatic heterocycles. The van der Waals surface area contributed by atoms with Gasteiger partial charge in [0.2, 0.25) is 5.82 Å². The standard InChI is InChI=1S/C22H29FN4O/c1-16-20(23)22(28)25-21(24-16)19-10-5-2-7-17(19)15-26-11-6-12-27(14-13-26)18-8-3-4-9-18/h2,5,7,10,18H,3-4,6,8-9,11-15H2,1H3,(H,24,25,28). The van der Waals surface area contributed by atoms with Crippen molar-refractivity contribution in [2.75, 3.05) is 26.2 Å². The molecular weight excluding hydrogens is 355 g/mol. The van der Waals surface area contributed by atoms with Crippen LogP contribution >= 0.6 is 0 Å². The Bertz CT molecular complexity index is 875. The van der Waals surface area contributed by atoms with Crippen LogP contribution < -0.4 is 5.56 Å².